The predicted molar refractivity (Wildman–Crippen MR) is 47.1 cm³/mol. The van der Waals surface area contributed by atoms with Crippen LogP contribution in [0, 0.1) is 0 Å². The van der Waals surface area contributed by atoms with Crippen LogP contribution in [-0.2, 0) is 4.79 Å². The van der Waals surface area contributed by atoms with E-state index in [2.05, 4.69) is 0 Å². The van der Waals surface area contributed by atoms with E-state index in [9.17, 15) is 4.79 Å². The average Bonchev–Trinajstić information content (AvgIpc) is 1.97. The van der Waals surface area contributed by atoms with Gasteiger partial charge in [-0.1, -0.05) is 46.4 Å². The minimum absolute atomic E-state index is 0.0407. The third kappa shape index (κ3) is 1.73. The molecule has 11 heavy (non-hydrogen) atoms. The van der Waals surface area contributed by atoms with Crippen LogP contribution in [-0.4, -0.2) is 5.78 Å². The number of hydrogen-bond acceptors (Lipinski definition) is 1. The maximum absolute atomic E-state index is 11.0. The fourth-order valence-electron chi connectivity index (χ4n) is 0.634. The van der Waals surface area contributed by atoms with Crippen LogP contribution in [0.3, 0.4) is 0 Å². The van der Waals surface area contributed by atoms with E-state index < -0.39 is 5.78 Å². The molecular formula is C6H2Cl4O. The molecule has 0 heterocycles. The molecule has 0 saturated heterocycles. The summed E-state index contributed by atoms with van der Waals surface area (Å²) >= 11 is 22.1. The van der Waals surface area contributed by atoms with Crippen molar-refractivity contribution in [2.45, 2.75) is 6.42 Å². The van der Waals surface area contributed by atoms with Crippen molar-refractivity contribution in [1.82, 2.24) is 0 Å². The Bertz CT molecular complexity index is 250. The van der Waals surface area contributed by atoms with Crippen LogP contribution in [0.25, 0.3) is 0 Å². The number of carbonyl (C=O) groups is 1. The number of hydrogen-bond donors (Lipinski definition) is 0. The maximum Gasteiger partial charge on any atom is 0.218 e. The van der Waals surface area contributed by atoms with Gasteiger partial charge >= 0.3 is 0 Å². The lowest BCUT2D eigenvalue weighted by molar-refractivity contribution is -0.111. The summed E-state index contributed by atoms with van der Waals surface area (Å²) in [5.74, 6) is -0.505. The molecule has 0 aromatic carbocycles. The predicted octanol–water partition coefficient (Wildman–Crippen LogP) is 3.34. The molecule has 0 aromatic rings. The number of allylic oxidation sites excluding steroid dienone is 4. The van der Waals surface area contributed by atoms with Crippen molar-refractivity contribution >= 4 is 52.2 Å². The number of halogens is 4. The van der Waals surface area contributed by atoms with Crippen molar-refractivity contribution < 1.29 is 4.79 Å². The molecule has 0 atom stereocenters. The number of carbonyl (C=O) groups excluding carboxylic acids is 1. The first kappa shape index (κ1) is 9.40. The molecule has 0 bridgehead atoms. The van der Waals surface area contributed by atoms with Crippen LogP contribution in [0.5, 0.6) is 0 Å². The standard InChI is InChI=1S/C6H2Cl4O/c7-2-1-3(8)5(10)6(11)4(2)9/h1H2. The van der Waals surface area contributed by atoms with Crippen LogP contribution >= 0.6 is 46.4 Å². The Labute approximate surface area is 83.6 Å². The van der Waals surface area contributed by atoms with E-state index >= 15 is 0 Å². The van der Waals surface area contributed by atoms with E-state index in [4.69, 9.17) is 46.4 Å². The lowest BCUT2D eigenvalue weighted by Crippen LogP contribution is -2.06. The van der Waals surface area contributed by atoms with Gasteiger partial charge in [0.15, 0.2) is 0 Å². The van der Waals surface area contributed by atoms with Gasteiger partial charge in [-0.25, -0.2) is 0 Å². The molecule has 1 rings (SSSR count). The second-order valence-electron chi connectivity index (χ2n) is 1.94. The van der Waals surface area contributed by atoms with E-state index in [1.165, 1.54) is 0 Å². The van der Waals surface area contributed by atoms with E-state index in [1.54, 1.807) is 0 Å². The van der Waals surface area contributed by atoms with Crippen LogP contribution in [0.1, 0.15) is 6.42 Å². The highest BCUT2D eigenvalue weighted by atomic mass is 35.5. The van der Waals surface area contributed by atoms with Crippen molar-refractivity contribution in [3.8, 4) is 0 Å². The Hall–Kier alpha value is 0.310. The Kier molecular flexibility index (Phi) is 2.87. The summed E-state index contributed by atoms with van der Waals surface area (Å²) < 4.78 is 0. The lowest BCUT2D eigenvalue weighted by Gasteiger charge is -2.09. The Balaban J connectivity index is 3.09. The molecule has 5 heteroatoms. The molecule has 60 valence electrons. The average molecular weight is 232 g/mol. The van der Waals surface area contributed by atoms with Crippen LogP contribution < -0.4 is 0 Å². The third-order valence-electron chi connectivity index (χ3n) is 1.19. The summed E-state index contributed by atoms with van der Waals surface area (Å²) in [6.07, 6.45) is 0.243. The summed E-state index contributed by atoms with van der Waals surface area (Å²) in [6, 6.07) is 0. The first-order chi connectivity index (χ1) is 5.04. The van der Waals surface area contributed by atoms with E-state index in [1.807, 2.05) is 0 Å². The summed E-state index contributed by atoms with van der Waals surface area (Å²) in [7, 11) is 0. The molecule has 0 radical (unpaired) electrons. The van der Waals surface area contributed by atoms with Crippen LogP contribution in [0.4, 0.5) is 0 Å². The highest BCUT2D eigenvalue weighted by molar-refractivity contribution is 6.60. The molecule has 1 nitrogen and oxygen atoms in total. The second kappa shape index (κ2) is 3.36. The molecule has 1 aliphatic rings. The highest BCUT2D eigenvalue weighted by Gasteiger charge is 2.24. The number of ketones is 1. The number of Topliss-reactive ketones (excluding diaryl/α,β-unsaturated/α-hetero) is 1. The van der Waals surface area contributed by atoms with Crippen molar-refractivity contribution in [2.24, 2.45) is 0 Å². The summed E-state index contributed by atoms with van der Waals surface area (Å²) in [5.41, 5.74) is 0. The van der Waals surface area contributed by atoms with Gasteiger partial charge in [0, 0.05) is 16.5 Å². The van der Waals surface area contributed by atoms with Crippen molar-refractivity contribution in [1.29, 1.82) is 0 Å². The molecule has 0 saturated carbocycles. The van der Waals surface area contributed by atoms with E-state index in [-0.39, 0.29) is 26.5 Å². The van der Waals surface area contributed by atoms with Gasteiger partial charge in [0.2, 0.25) is 5.78 Å². The quantitative estimate of drug-likeness (QED) is 0.625. The topological polar surface area (TPSA) is 17.1 Å². The highest BCUT2D eigenvalue weighted by Crippen LogP contribution is 2.35. The Morgan fingerprint density at radius 1 is 0.909 bits per heavy atom. The summed E-state index contributed by atoms with van der Waals surface area (Å²) in [5, 5.41) is 0.402. The molecule has 0 fully saturated rings. The normalized spacial score (nSPS) is 19.8. The minimum atomic E-state index is -0.505. The molecule has 0 N–H and O–H groups in total. The first-order valence-electron chi connectivity index (χ1n) is 2.67. The fourth-order valence-corrected chi connectivity index (χ4v) is 1.51. The monoisotopic (exact) mass is 230 g/mol. The summed E-state index contributed by atoms with van der Waals surface area (Å²) in [6.45, 7) is 0. The second-order valence-corrected chi connectivity index (χ2v) is 3.61. The molecule has 1 aliphatic carbocycles. The molecule has 0 aromatic heterocycles. The van der Waals surface area contributed by atoms with Gasteiger partial charge in [-0.05, 0) is 0 Å². The van der Waals surface area contributed by atoms with E-state index in [0.29, 0.717) is 0 Å². The molecule has 0 aliphatic heterocycles. The van der Waals surface area contributed by atoms with Crippen LogP contribution in [0.15, 0.2) is 20.1 Å². The van der Waals surface area contributed by atoms with E-state index in [0.717, 1.165) is 0 Å². The van der Waals surface area contributed by atoms with Gasteiger partial charge in [-0.15, -0.1) is 0 Å². The lowest BCUT2D eigenvalue weighted by atomic mass is 10.2. The van der Waals surface area contributed by atoms with Crippen LogP contribution in [0.2, 0.25) is 0 Å². The maximum atomic E-state index is 11.0. The fraction of sp³-hybridized carbons (Fsp3) is 0.167. The molecule has 0 unspecified atom stereocenters. The third-order valence-corrected chi connectivity index (χ3v) is 2.82. The smallest absolute Gasteiger partial charge is 0.218 e. The van der Waals surface area contributed by atoms with Crippen molar-refractivity contribution in [3.05, 3.63) is 20.1 Å². The molecule has 0 amide bonds. The van der Waals surface area contributed by atoms with Crippen molar-refractivity contribution in [3.63, 3.8) is 0 Å². The Morgan fingerprint density at radius 2 is 1.27 bits per heavy atom. The zero-order valence-corrected chi connectivity index (χ0v) is 8.15. The first-order valence-corrected chi connectivity index (χ1v) is 4.18. The number of rotatable bonds is 0. The van der Waals surface area contributed by atoms with Gasteiger partial charge in [0.1, 0.15) is 10.1 Å². The zero-order valence-electron chi connectivity index (χ0n) is 5.13. The van der Waals surface area contributed by atoms with Gasteiger partial charge in [0.25, 0.3) is 0 Å². The SMILES string of the molecule is O=C1C(Cl)=C(Cl)CC(Cl)=C1Cl. The van der Waals surface area contributed by atoms with Crippen molar-refractivity contribution in [2.75, 3.05) is 0 Å². The van der Waals surface area contributed by atoms with Gasteiger partial charge in [-0.2, -0.15) is 0 Å². The van der Waals surface area contributed by atoms with Gasteiger partial charge < -0.3 is 0 Å². The molecule has 0 spiro atoms. The van der Waals surface area contributed by atoms with Gasteiger partial charge in [0.05, 0.1) is 0 Å². The minimum Gasteiger partial charge on any atom is -0.287 e. The Morgan fingerprint density at radius 3 is 1.64 bits per heavy atom. The zero-order chi connectivity index (χ0) is 8.59. The largest absolute Gasteiger partial charge is 0.287 e. The van der Waals surface area contributed by atoms with Gasteiger partial charge in [-0.3, -0.25) is 4.79 Å². The molecular weight excluding hydrogens is 230 g/mol. The summed E-state index contributed by atoms with van der Waals surface area (Å²) in [4.78, 5) is 11.0.